The molecule has 0 amide bonds. The molecule has 1 aliphatic rings. The molecule has 0 spiro atoms. The van der Waals surface area contributed by atoms with Gasteiger partial charge in [0.25, 0.3) is 0 Å². The third kappa shape index (κ3) is 2.92. The number of aromatic nitrogens is 2. The van der Waals surface area contributed by atoms with Crippen LogP contribution >= 0.6 is 15.9 Å². The molecule has 1 aromatic heterocycles. The van der Waals surface area contributed by atoms with E-state index in [-0.39, 0.29) is 0 Å². The first-order valence-corrected chi connectivity index (χ1v) is 7.97. The molecular formula is C14H19BrN4. The summed E-state index contributed by atoms with van der Waals surface area (Å²) < 4.78 is 0. The average Bonchev–Trinajstić information content (AvgIpc) is 2.72. The van der Waals surface area contributed by atoms with Crippen molar-refractivity contribution in [2.45, 2.75) is 6.42 Å². The second kappa shape index (κ2) is 5.92. The molecule has 0 unspecified atom stereocenters. The molecule has 1 aromatic carbocycles. The number of hydrogen-bond donors (Lipinski definition) is 1. The van der Waals surface area contributed by atoms with Crippen LogP contribution in [0.2, 0.25) is 0 Å². The highest BCUT2D eigenvalue weighted by Gasteiger charge is 2.16. The number of imidazole rings is 1. The number of aromatic amines is 1. The minimum atomic E-state index is 1.02. The summed E-state index contributed by atoms with van der Waals surface area (Å²) in [4.78, 5) is 13.0. The highest BCUT2D eigenvalue weighted by molar-refractivity contribution is 9.09. The first-order valence-electron chi connectivity index (χ1n) is 6.85. The maximum absolute atomic E-state index is 4.69. The molecule has 0 saturated carbocycles. The Morgan fingerprint density at radius 1 is 1.16 bits per heavy atom. The molecule has 5 heteroatoms. The topological polar surface area (TPSA) is 35.2 Å². The first-order chi connectivity index (χ1) is 9.36. The van der Waals surface area contributed by atoms with Gasteiger partial charge in [-0.15, -0.1) is 0 Å². The summed E-state index contributed by atoms with van der Waals surface area (Å²) in [6, 6.07) is 8.22. The molecule has 1 aliphatic heterocycles. The Balaban J connectivity index is 1.74. The number of hydrogen-bond acceptors (Lipinski definition) is 3. The third-order valence-corrected chi connectivity index (χ3v) is 4.02. The fourth-order valence-corrected chi connectivity index (χ4v) is 3.12. The van der Waals surface area contributed by atoms with Gasteiger partial charge in [-0.2, -0.15) is 0 Å². The summed E-state index contributed by atoms with van der Waals surface area (Å²) in [5.74, 6) is 1.02. The minimum absolute atomic E-state index is 1.02. The zero-order valence-electron chi connectivity index (χ0n) is 11.0. The summed E-state index contributed by atoms with van der Waals surface area (Å²) in [7, 11) is 0. The summed E-state index contributed by atoms with van der Waals surface area (Å²) in [6.45, 7) is 5.56. The monoisotopic (exact) mass is 322 g/mol. The summed E-state index contributed by atoms with van der Waals surface area (Å²) in [5, 5.41) is 1.05. The molecule has 102 valence electrons. The van der Waals surface area contributed by atoms with Crippen molar-refractivity contribution < 1.29 is 0 Å². The molecule has 0 bridgehead atoms. The fraction of sp³-hybridized carbons (Fsp3) is 0.500. The molecule has 0 radical (unpaired) electrons. The van der Waals surface area contributed by atoms with Crippen LogP contribution < -0.4 is 4.90 Å². The van der Waals surface area contributed by atoms with Gasteiger partial charge in [0.1, 0.15) is 0 Å². The van der Waals surface area contributed by atoms with E-state index >= 15 is 0 Å². The molecule has 1 fully saturated rings. The van der Waals surface area contributed by atoms with Crippen LogP contribution in [0.3, 0.4) is 0 Å². The Kier molecular flexibility index (Phi) is 4.03. The van der Waals surface area contributed by atoms with Gasteiger partial charge in [-0.05, 0) is 25.1 Å². The summed E-state index contributed by atoms with van der Waals surface area (Å²) in [5.41, 5.74) is 2.18. The Morgan fingerprint density at radius 2 is 2.05 bits per heavy atom. The number of anilines is 1. The van der Waals surface area contributed by atoms with Crippen LogP contribution in [0.25, 0.3) is 11.0 Å². The predicted molar refractivity (Wildman–Crippen MR) is 83.2 cm³/mol. The maximum atomic E-state index is 4.69. The van der Waals surface area contributed by atoms with Crippen molar-refractivity contribution in [2.75, 3.05) is 43.0 Å². The van der Waals surface area contributed by atoms with E-state index in [9.17, 15) is 0 Å². The number of nitrogens with one attached hydrogen (secondary N) is 1. The van der Waals surface area contributed by atoms with Gasteiger partial charge in [0.2, 0.25) is 5.95 Å². The van der Waals surface area contributed by atoms with E-state index in [1.807, 2.05) is 12.1 Å². The molecule has 1 saturated heterocycles. The zero-order chi connectivity index (χ0) is 13.1. The van der Waals surface area contributed by atoms with E-state index in [1.165, 1.54) is 13.0 Å². The molecule has 0 atom stereocenters. The van der Waals surface area contributed by atoms with Crippen molar-refractivity contribution in [3.8, 4) is 0 Å². The van der Waals surface area contributed by atoms with Crippen LogP contribution in [-0.2, 0) is 0 Å². The van der Waals surface area contributed by atoms with Crippen LogP contribution in [0.4, 0.5) is 5.95 Å². The van der Waals surface area contributed by atoms with E-state index < -0.39 is 0 Å². The second-order valence-corrected chi connectivity index (χ2v) is 5.74. The zero-order valence-corrected chi connectivity index (χ0v) is 12.6. The Labute approximate surface area is 121 Å². The summed E-state index contributed by atoms with van der Waals surface area (Å²) in [6.07, 6.45) is 1.20. The lowest BCUT2D eigenvalue weighted by molar-refractivity contribution is 0.313. The second-order valence-electron chi connectivity index (χ2n) is 4.95. The molecule has 0 aliphatic carbocycles. The van der Waals surface area contributed by atoms with E-state index in [2.05, 4.69) is 42.8 Å². The van der Waals surface area contributed by atoms with Gasteiger partial charge < -0.3 is 14.8 Å². The fourth-order valence-electron chi connectivity index (χ4n) is 2.61. The van der Waals surface area contributed by atoms with E-state index in [0.717, 1.165) is 48.5 Å². The predicted octanol–water partition coefficient (Wildman–Crippen LogP) is 2.47. The normalized spacial score (nSPS) is 17.8. The first kappa shape index (κ1) is 12.9. The minimum Gasteiger partial charge on any atom is -0.341 e. The van der Waals surface area contributed by atoms with Crippen molar-refractivity contribution >= 4 is 32.9 Å². The quantitative estimate of drug-likeness (QED) is 0.882. The van der Waals surface area contributed by atoms with Gasteiger partial charge in [-0.1, -0.05) is 28.1 Å². The number of alkyl halides is 1. The molecule has 1 N–H and O–H groups in total. The standard InChI is InChI=1S/C14H19BrN4/c15-6-9-18-7-3-8-19(11-10-18)14-16-12-4-1-2-5-13(12)17-14/h1-2,4-5H,3,6-11H2,(H,16,17). The summed E-state index contributed by atoms with van der Waals surface area (Å²) >= 11 is 3.52. The molecule has 19 heavy (non-hydrogen) atoms. The van der Waals surface area contributed by atoms with Crippen molar-refractivity contribution in [1.82, 2.24) is 14.9 Å². The number of H-pyrrole nitrogens is 1. The van der Waals surface area contributed by atoms with Crippen molar-refractivity contribution in [3.63, 3.8) is 0 Å². The van der Waals surface area contributed by atoms with Gasteiger partial charge in [-0.3, -0.25) is 0 Å². The van der Waals surface area contributed by atoms with Gasteiger partial charge >= 0.3 is 0 Å². The van der Waals surface area contributed by atoms with E-state index in [1.54, 1.807) is 0 Å². The smallest absolute Gasteiger partial charge is 0.203 e. The number of nitrogens with zero attached hydrogens (tertiary/aromatic N) is 3. The molecule has 4 nitrogen and oxygen atoms in total. The highest BCUT2D eigenvalue weighted by atomic mass is 79.9. The number of para-hydroxylation sites is 2. The van der Waals surface area contributed by atoms with Crippen molar-refractivity contribution in [1.29, 1.82) is 0 Å². The SMILES string of the molecule is BrCCN1CCCN(c2nc3ccccc3[nH]2)CC1. The third-order valence-electron chi connectivity index (χ3n) is 3.67. The van der Waals surface area contributed by atoms with Crippen LogP contribution in [0.5, 0.6) is 0 Å². The average molecular weight is 323 g/mol. The lowest BCUT2D eigenvalue weighted by Gasteiger charge is -2.20. The largest absolute Gasteiger partial charge is 0.341 e. The molecule has 3 rings (SSSR count). The Morgan fingerprint density at radius 3 is 2.89 bits per heavy atom. The van der Waals surface area contributed by atoms with Crippen LogP contribution in [0.15, 0.2) is 24.3 Å². The van der Waals surface area contributed by atoms with Crippen molar-refractivity contribution in [3.05, 3.63) is 24.3 Å². The van der Waals surface area contributed by atoms with Gasteiger partial charge in [0.15, 0.2) is 0 Å². The Bertz CT molecular complexity index is 506. The van der Waals surface area contributed by atoms with Crippen LogP contribution in [0.1, 0.15) is 6.42 Å². The lowest BCUT2D eigenvalue weighted by atomic mass is 10.3. The van der Waals surface area contributed by atoms with E-state index in [0.29, 0.717) is 0 Å². The van der Waals surface area contributed by atoms with Crippen LogP contribution in [-0.4, -0.2) is 52.9 Å². The lowest BCUT2D eigenvalue weighted by Crippen LogP contribution is -2.32. The number of rotatable bonds is 3. The van der Waals surface area contributed by atoms with Crippen molar-refractivity contribution in [2.24, 2.45) is 0 Å². The molecular weight excluding hydrogens is 304 g/mol. The molecule has 2 heterocycles. The Hall–Kier alpha value is -1.07. The van der Waals surface area contributed by atoms with Crippen LogP contribution in [0, 0.1) is 0 Å². The number of benzene rings is 1. The number of fused-ring (bicyclic) bond motifs is 1. The van der Waals surface area contributed by atoms with Gasteiger partial charge in [-0.25, -0.2) is 4.98 Å². The molecule has 2 aromatic rings. The number of halogens is 1. The highest BCUT2D eigenvalue weighted by Crippen LogP contribution is 2.18. The van der Waals surface area contributed by atoms with Gasteiger partial charge in [0, 0.05) is 31.5 Å². The van der Waals surface area contributed by atoms with Gasteiger partial charge in [0.05, 0.1) is 11.0 Å². The van der Waals surface area contributed by atoms with E-state index in [4.69, 9.17) is 4.98 Å². The maximum Gasteiger partial charge on any atom is 0.203 e.